The Morgan fingerprint density at radius 3 is 2.85 bits per heavy atom. The number of halogens is 1. The second kappa shape index (κ2) is 2.64. The van der Waals surface area contributed by atoms with Crippen LogP contribution in [0, 0.1) is 0 Å². The van der Waals surface area contributed by atoms with E-state index in [4.69, 9.17) is 10.5 Å². The number of hydrogen-bond acceptors (Lipinski definition) is 2. The molecule has 0 atom stereocenters. The van der Waals surface area contributed by atoms with E-state index in [2.05, 4.69) is 35.8 Å². The zero-order valence-corrected chi connectivity index (χ0v) is 9.31. The summed E-state index contributed by atoms with van der Waals surface area (Å²) in [5.41, 5.74) is 7.68. The van der Waals surface area contributed by atoms with Crippen LogP contribution in [0.1, 0.15) is 19.4 Å². The Hall–Kier alpha value is -0.700. The van der Waals surface area contributed by atoms with Crippen molar-refractivity contribution in [3.63, 3.8) is 0 Å². The highest BCUT2D eigenvalue weighted by Gasteiger charge is 2.31. The third kappa shape index (κ3) is 1.41. The summed E-state index contributed by atoms with van der Waals surface area (Å²) in [7, 11) is 0. The topological polar surface area (TPSA) is 35.2 Å². The van der Waals surface area contributed by atoms with E-state index < -0.39 is 0 Å². The summed E-state index contributed by atoms with van der Waals surface area (Å²) in [6.07, 6.45) is 0.930. The largest absolute Gasteiger partial charge is 0.485 e. The average Bonchev–Trinajstić information content (AvgIpc) is 2.34. The maximum Gasteiger partial charge on any atom is 0.147 e. The summed E-state index contributed by atoms with van der Waals surface area (Å²) >= 11 is 3.38. The van der Waals surface area contributed by atoms with Gasteiger partial charge in [0.2, 0.25) is 0 Å². The molecule has 13 heavy (non-hydrogen) atoms. The molecule has 2 nitrogen and oxygen atoms in total. The minimum atomic E-state index is -0.114. The van der Waals surface area contributed by atoms with E-state index in [1.807, 2.05) is 6.07 Å². The molecule has 0 fully saturated rings. The van der Waals surface area contributed by atoms with Crippen LogP contribution in [0.15, 0.2) is 16.6 Å². The Balaban J connectivity index is 2.53. The van der Waals surface area contributed by atoms with Crippen LogP contribution in [-0.2, 0) is 6.42 Å². The molecular weight excluding hydrogens is 230 g/mol. The van der Waals surface area contributed by atoms with E-state index in [0.29, 0.717) is 5.69 Å². The third-order valence-electron chi connectivity index (χ3n) is 2.22. The van der Waals surface area contributed by atoms with Gasteiger partial charge in [-0.2, -0.15) is 0 Å². The third-order valence-corrected chi connectivity index (χ3v) is 2.91. The zero-order valence-electron chi connectivity index (χ0n) is 7.73. The molecule has 1 aromatic carbocycles. The lowest BCUT2D eigenvalue weighted by molar-refractivity contribution is 0.139. The first-order chi connectivity index (χ1) is 5.99. The number of rotatable bonds is 0. The molecule has 0 saturated heterocycles. The van der Waals surface area contributed by atoms with Gasteiger partial charge in [0.25, 0.3) is 0 Å². The molecular formula is C10H12BrNO. The Morgan fingerprint density at radius 2 is 2.15 bits per heavy atom. The van der Waals surface area contributed by atoms with E-state index in [1.54, 1.807) is 0 Å². The summed E-state index contributed by atoms with van der Waals surface area (Å²) in [5, 5.41) is 0. The molecule has 0 amide bonds. The summed E-state index contributed by atoms with van der Waals surface area (Å²) in [4.78, 5) is 0. The number of hydrogen-bond donors (Lipinski definition) is 1. The highest BCUT2D eigenvalue weighted by atomic mass is 79.9. The lowest BCUT2D eigenvalue weighted by atomic mass is 10.0. The Bertz CT molecular complexity index is 360. The normalized spacial score (nSPS) is 18.1. The number of nitrogen functional groups attached to an aromatic ring is 1. The quantitative estimate of drug-likeness (QED) is 0.710. The van der Waals surface area contributed by atoms with Crippen LogP contribution in [0.2, 0.25) is 0 Å². The highest BCUT2D eigenvalue weighted by molar-refractivity contribution is 9.10. The monoisotopic (exact) mass is 241 g/mol. The fourth-order valence-corrected chi connectivity index (χ4v) is 1.96. The predicted molar refractivity (Wildman–Crippen MR) is 57.0 cm³/mol. The van der Waals surface area contributed by atoms with Crippen molar-refractivity contribution < 1.29 is 4.74 Å². The van der Waals surface area contributed by atoms with Crippen molar-refractivity contribution in [1.82, 2.24) is 0 Å². The fourth-order valence-electron chi connectivity index (χ4n) is 1.65. The van der Waals surface area contributed by atoms with Crippen LogP contribution >= 0.6 is 15.9 Å². The minimum Gasteiger partial charge on any atom is -0.485 e. The summed E-state index contributed by atoms with van der Waals surface area (Å²) in [6.45, 7) is 4.14. The summed E-state index contributed by atoms with van der Waals surface area (Å²) in [6, 6.07) is 4.03. The molecule has 0 bridgehead atoms. The average molecular weight is 242 g/mol. The number of fused-ring (bicyclic) bond motifs is 1. The molecule has 2 rings (SSSR count). The van der Waals surface area contributed by atoms with Gasteiger partial charge in [-0.15, -0.1) is 0 Å². The molecule has 3 heteroatoms. The van der Waals surface area contributed by atoms with Crippen LogP contribution in [0.4, 0.5) is 5.69 Å². The zero-order chi connectivity index (χ0) is 9.64. The molecule has 1 aliphatic heterocycles. The van der Waals surface area contributed by atoms with Crippen LogP contribution in [-0.4, -0.2) is 5.60 Å². The molecule has 0 aliphatic carbocycles. The van der Waals surface area contributed by atoms with Gasteiger partial charge in [0.05, 0.1) is 5.69 Å². The molecule has 1 aliphatic rings. The molecule has 2 N–H and O–H groups in total. The second-order valence-corrected chi connectivity index (χ2v) is 4.84. The maximum atomic E-state index is 5.88. The minimum absolute atomic E-state index is 0.114. The van der Waals surface area contributed by atoms with Gasteiger partial charge in [-0.1, -0.05) is 6.07 Å². The smallest absolute Gasteiger partial charge is 0.147 e. The van der Waals surface area contributed by atoms with Gasteiger partial charge in [0, 0.05) is 16.5 Å². The van der Waals surface area contributed by atoms with Crippen LogP contribution in [0.3, 0.4) is 0 Å². The predicted octanol–water partition coefficient (Wildman–Crippen LogP) is 2.74. The molecule has 0 aromatic heterocycles. The highest BCUT2D eigenvalue weighted by Crippen LogP contribution is 2.42. The lowest BCUT2D eigenvalue weighted by Gasteiger charge is -2.17. The standard InChI is InChI=1S/C10H12BrNO/c1-10(2)5-6-3-4-7(11)8(12)9(6)13-10/h3-4H,5,12H2,1-2H3. The Labute approximate surface area is 86.2 Å². The van der Waals surface area contributed by atoms with Crippen molar-refractivity contribution in [2.75, 3.05) is 5.73 Å². The molecule has 0 radical (unpaired) electrons. The van der Waals surface area contributed by atoms with Crippen molar-refractivity contribution in [2.24, 2.45) is 0 Å². The fraction of sp³-hybridized carbons (Fsp3) is 0.400. The van der Waals surface area contributed by atoms with Gasteiger partial charge >= 0.3 is 0 Å². The van der Waals surface area contributed by atoms with Gasteiger partial charge in [-0.25, -0.2) is 0 Å². The van der Waals surface area contributed by atoms with Gasteiger partial charge in [0.1, 0.15) is 11.4 Å². The van der Waals surface area contributed by atoms with E-state index in [1.165, 1.54) is 5.56 Å². The lowest BCUT2D eigenvalue weighted by Crippen LogP contribution is -2.24. The number of benzene rings is 1. The van der Waals surface area contributed by atoms with Gasteiger partial charge in [0.15, 0.2) is 0 Å². The molecule has 70 valence electrons. The van der Waals surface area contributed by atoms with E-state index >= 15 is 0 Å². The van der Waals surface area contributed by atoms with E-state index in [-0.39, 0.29) is 5.60 Å². The van der Waals surface area contributed by atoms with Gasteiger partial charge in [-0.3, -0.25) is 0 Å². The van der Waals surface area contributed by atoms with Gasteiger partial charge < -0.3 is 10.5 Å². The number of anilines is 1. The second-order valence-electron chi connectivity index (χ2n) is 3.99. The first-order valence-corrected chi connectivity index (χ1v) is 5.05. The summed E-state index contributed by atoms with van der Waals surface area (Å²) in [5.74, 6) is 0.847. The van der Waals surface area contributed by atoms with Crippen molar-refractivity contribution in [3.8, 4) is 5.75 Å². The van der Waals surface area contributed by atoms with Crippen LogP contribution < -0.4 is 10.5 Å². The van der Waals surface area contributed by atoms with E-state index in [9.17, 15) is 0 Å². The molecule has 1 aromatic rings. The molecule has 0 saturated carbocycles. The van der Waals surface area contributed by atoms with Crippen LogP contribution in [0.5, 0.6) is 5.75 Å². The first kappa shape index (κ1) is 8.88. The summed E-state index contributed by atoms with van der Waals surface area (Å²) < 4.78 is 6.66. The Kier molecular flexibility index (Phi) is 1.80. The molecule has 0 spiro atoms. The van der Waals surface area contributed by atoms with Crippen LogP contribution in [0.25, 0.3) is 0 Å². The van der Waals surface area contributed by atoms with E-state index in [0.717, 1.165) is 16.6 Å². The molecule has 1 heterocycles. The van der Waals surface area contributed by atoms with Gasteiger partial charge in [-0.05, 0) is 35.8 Å². The van der Waals surface area contributed by atoms with Crippen molar-refractivity contribution in [1.29, 1.82) is 0 Å². The number of nitrogens with two attached hydrogens (primary N) is 1. The number of ether oxygens (including phenoxy) is 1. The van der Waals surface area contributed by atoms with Crippen molar-refractivity contribution in [2.45, 2.75) is 25.9 Å². The first-order valence-electron chi connectivity index (χ1n) is 4.25. The maximum absolute atomic E-state index is 5.88. The van der Waals surface area contributed by atoms with Crippen molar-refractivity contribution >= 4 is 21.6 Å². The Morgan fingerprint density at radius 1 is 1.46 bits per heavy atom. The molecule has 0 unspecified atom stereocenters. The SMILES string of the molecule is CC1(C)Cc2ccc(Br)c(N)c2O1. The van der Waals surface area contributed by atoms with Crippen molar-refractivity contribution in [3.05, 3.63) is 22.2 Å².